The second kappa shape index (κ2) is 6.12. The van der Waals surface area contributed by atoms with Gasteiger partial charge in [0.05, 0.1) is 12.4 Å². The summed E-state index contributed by atoms with van der Waals surface area (Å²) in [6.45, 7) is 6.16. The summed E-state index contributed by atoms with van der Waals surface area (Å²) in [7, 11) is -1.94. The van der Waals surface area contributed by atoms with Crippen molar-refractivity contribution in [2.24, 2.45) is 5.50 Å². The molecule has 88 valence electrons. The lowest BCUT2D eigenvalue weighted by Crippen LogP contribution is -2.09. The van der Waals surface area contributed by atoms with E-state index in [-0.39, 0.29) is 6.61 Å². The maximum Gasteiger partial charge on any atom is 0.235 e. The summed E-state index contributed by atoms with van der Waals surface area (Å²) in [5.74, 6) is 1.72. The molecule has 1 rings (SSSR count). The molecule has 0 aromatic heterocycles. The van der Waals surface area contributed by atoms with E-state index in [1.54, 1.807) is 5.82 Å². The smallest absolute Gasteiger partial charge is 0.235 e. The van der Waals surface area contributed by atoms with Crippen molar-refractivity contribution in [1.82, 2.24) is 0 Å². The predicted octanol–water partition coefficient (Wildman–Crippen LogP) is 2.67. The number of aliphatic hydroxyl groups excluding tert-OH is 1. The Bertz CT molecular complexity index is 357. The predicted molar refractivity (Wildman–Crippen MR) is 69.0 cm³/mol. The Morgan fingerprint density at radius 3 is 2.56 bits per heavy atom. The van der Waals surface area contributed by atoms with Crippen molar-refractivity contribution in [1.29, 1.82) is 0 Å². The summed E-state index contributed by atoms with van der Waals surface area (Å²) >= 11 is 0. The first-order valence-electron chi connectivity index (χ1n) is 5.27. The molecule has 16 heavy (non-hydrogen) atoms. The van der Waals surface area contributed by atoms with Crippen LogP contribution < -0.4 is 5.50 Å². The van der Waals surface area contributed by atoms with Gasteiger partial charge in [0.2, 0.25) is 7.64 Å². The molecule has 0 saturated carbocycles. The normalized spacial score (nSPS) is 14.4. The first-order chi connectivity index (χ1) is 7.65. The molecule has 0 aliphatic rings. The van der Waals surface area contributed by atoms with Gasteiger partial charge in [-0.2, -0.15) is 5.50 Å². The number of aliphatic hydroxyl groups is 1. The van der Waals surface area contributed by atoms with E-state index in [4.69, 9.17) is 15.1 Å². The molecule has 1 aromatic carbocycles. The first-order valence-corrected chi connectivity index (χ1v) is 7.30. The van der Waals surface area contributed by atoms with Crippen LogP contribution in [0, 0.1) is 0 Å². The van der Waals surface area contributed by atoms with Gasteiger partial charge in [-0.3, -0.25) is 0 Å². The molecule has 0 saturated heterocycles. The number of nitrogens with two attached hydrogens (primary N) is 1. The van der Waals surface area contributed by atoms with E-state index in [0.29, 0.717) is 6.61 Å². The van der Waals surface area contributed by atoms with Crippen molar-refractivity contribution in [3.8, 4) is 0 Å². The largest absolute Gasteiger partial charge is 0.392 e. The SMILES string of the molecule is C=C[P+](N)(CC)OCc1ccccc1CO. The van der Waals surface area contributed by atoms with Gasteiger partial charge < -0.3 is 5.11 Å². The van der Waals surface area contributed by atoms with E-state index in [1.165, 1.54) is 0 Å². The fourth-order valence-electron chi connectivity index (χ4n) is 1.32. The molecule has 0 heterocycles. The molecule has 1 unspecified atom stereocenters. The van der Waals surface area contributed by atoms with Gasteiger partial charge in [0.25, 0.3) is 0 Å². The summed E-state index contributed by atoms with van der Waals surface area (Å²) in [5.41, 5.74) is 7.91. The summed E-state index contributed by atoms with van der Waals surface area (Å²) in [4.78, 5) is 0. The molecule has 0 aliphatic carbocycles. The Hall–Kier alpha value is -0.730. The van der Waals surface area contributed by atoms with Crippen LogP contribution in [-0.4, -0.2) is 11.3 Å². The lowest BCUT2D eigenvalue weighted by Gasteiger charge is -2.15. The number of hydrogen-bond donors (Lipinski definition) is 2. The van der Waals surface area contributed by atoms with Crippen LogP contribution >= 0.6 is 7.64 Å². The van der Waals surface area contributed by atoms with Gasteiger partial charge in [-0.1, -0.05) is 30.8 Å². The second-order valence-electron chi connectivity index (χ2n) is 3.55. The molecule has 1 atom stereocenters. The Kier molecular flexibility index (Phi) is 5.10. The minimum absolute atomic E-state index is 0.0236. The minimum atomic E-state index is -1.94. The zero-order chi connectivity index (χ0) is 12.0. The lowest BCUT2D eigenvalue weighted by atomic mass is 10.1. The molecular weight excluding hydrogens is 221 g/mol. The summed E-state index contributed by atoms with van der Waals surface area (Å²) in [6.07, 6.45) is 0.776. The number of benzene rings is 1. The summed E-state index contributed by atoms with van der Waals surface area (Å²) in [6, 6.07) is 7.64. The molecule has 0 bridgehead atoms. The Balaban J connectivity index is 2.70. The van der Waals surface area contributed by atoms with E-state index in [0.717, 1.165) is 17.3 Å². The molecule has 0 spiro atoms. The molecule has 0 radical (unpaired) electrons. The third-order valence-corrected chi connectivity index (χ3v) is 4.77. The average molecular weight is 240 g/mol. The van der Waals surface area contributed by atoms with Gasteiger partial charge in [0.15, 0.2) is 0 Å². The van der Waals surface area contributed by atoms with Crippen LogP contribution in [0.1, 0.15) is 18.1 Å². The third kappa shape index (κ3) is 3.39. The van der Waals surface area contributed by atoms with Crippen molar-refractivity contribution in [2.45, 2.75) is 20.1 Å². The number of rotatable bonds is 6. The zero-order valence-corrected chi connectivity index (χ0v) is 10.5. The van der Waals surface area contributed by atoms with Crippen LogP contribution in [0.5, 0.6) is 0 Å². The highest BCUT2D eigenvalue weighted by Crippen LogP contribution is 2.53. The quantitative estimate of drug-likeness (QED) is 0.751. The fraction of sp³-hybridized carbons (Fsp3) is 0.333. The molecule has 0 aliphatic heterocycles. The van der Waals surface area contributed by atoms with E-state index in [9.17, 15) is 0 Å². The monoisotopic (exact) mass is 240 g/mol. The van der Waals surface area contributed by atoms with Crippen molar-refractivity contribution in [3.63, 3.8) is 0 Å². The lowest BCUT2D eigenvalue weighted by molar-refractivity contribution is 0.273. The molecule has 3 nitrogen and oxygen atoms in total. The highest BCUT2D eigenvalue weighted by molar-refractivity contribution is 7.71. The highest BCUT2D eigenvalue weighted by atomic mass is 31.2. The van der Waals surface area contributed by atoms with Gasteiger partial charge in [0.1, 0.15) is 12.8 Å². The second-order valence-corrected chi connectivity index (χ2v) is 6.52. The topological polar surface area (TPSA) is 55.5 Å². The average Bonchev–Trinajstić information content (AvgIpc) is 2.36. The standard InChI is InChI=1S/C12H19NO2P/c1-3-16(13,4-2)15-10-12-8-6-5-7-11(12)9-14/h3,5-8,14H,1,4,9-10,13H2,2H3/q+1. The van der Waals surface area contributed by atoms with Crippen LogP contribution in [0.3, 0.4) is 0 Å². The van der Waals surface area contributed by atoms with E-state index in [1.807, 2.05) is 31.2 Å². The van der Waals surface area contributed by atoms with Crippen molar-refractivity contribution >= 4 is 7.64 Å². The van der Waals surface area contributed by atoms with Crippen LogP contribution in [0.2, 0.25) is 0 Å². The van der Waals surface area contributed by atoms with Crippen LogP contribution in [0.4, 0.5) is 0 Å². The van der Waals surface area contributed by atoms with Crippen molar-refractivity contribution in [3.05, 3.63) is 47.8 Å². The minimum Gasteiger partial charge on any atom is -0.392 e. The van der Waals surface area contributed by atoms with Gasteiger partial charge in [-0.15, -0.1) is 0 Å². The van der Waals surface area contributed by atoms with Gasteiger partial charge >= 0.3 is 0 Å². The molecule has 3 N–H and O–H groups in total. The van der Waals surface area contributed by atoms with Crippen LogP contribution in [-0.2, 0) is 17.7 Å². The summed E-state index contributed by atoms with van der Waals surface area (Å²) < 4.78 is 5.72. The Labute approximate surface area is 97.4 Å². The van der Waals surface area contributed by atoms with Crippen LogP contribution in [0.15, 0.2) is 36.7 Å². The first kappa shape index (κ1) is 13.3. The van der Waals surface area contributed by atoms with Gasteiger partial charge in [-0.05, 0) is 18.1 Å². The van der Waals surface area contributed by atoms with Crippen LogP contribution in [0.25, 0.3) is 0 Å². The third-order valence-electron chi connectivity index (χ3n) is 2.55. The van der Waals surface area contributed by atoms with Crippen molar-refractivity contribution in [2.75, 3.05) is 6.16 Å². The molecule has 4 heteroatoms. The summed E-state index contributed by atoms with van der Waals surface area (Å²) in [5, 5.41) is 9.16. The maximum atomic E-state index is 9.16. The Morgan fingerprint density at radius 2 is 2.06 bits per heavy atom. The molecule has 0 amide bonds. The van der Waals surface area contributed by atoms with E-state index < -0.39 is 7.64 Å². The highest BCUT2D eigenvalue weighted by Gasteiger charge is 2.28. The van der Waals surface area contributed by atoms with E-state index >= 15 is 0 Å². The fourth-order valence-corrected chi connectivity index (χ4v) is 2.24. The van der Waals surface area contributed by atoms with Gasteiger partial charge in [0, 0.05) is 0 Å². The van der Waals surface area contributed by atoms with E-state index in [2.05, 4.69) is 6.58 Å². The zero-order valence-electron chi connectivity index (χ0n) is 9.60. The Morgan fingerprint density at radius 1 is 1.44 bits per heavy atom. The maximum absolute atomic E-state index is 9.16. The molecular formula is C12H19NO2P+. The van der Waals surface area contributed by atoms with Gasteiger partial charge in [-0.25, -0.2) is 4.52 Å². The number of hydrogen-bond acceptors (Lipinski definition) is 3. The molecule has 1 aromatic rings. The molecule has 0 fully saturated rings. The van der Waals surface area contributed by atoms with Crippen molar-refractivity contribution < 1.29 is 9.63 Å².